The van der Waals surface area contributed by atoms with Gasteiger partial charge in [0.25, 0.3) is 5.56 Å². The van der Waals surface area contributed by atoms with Gasteiger partial charge in [0.2, 0.25) is 0 Å². The van der Waals surface area contributed by atoms with Crippen LogP contribution in [0.2, 0.25) is 0 Å². The summed E-state index contributed by atoms with van der Waals surface area (Å²) in [7, 11) is 2.16. The van der Waals surface area contributed by atoms with E-state index < -0.39 is 0 Å². The van der Waals surface area contributed by atoms with Crippen LogP contribution in [-0.4, -0.2) is 77.4 Å². The van der Waals surface area contributed by atoms with Gasteiger partial charge in [-0.25, -0.2) is 4.98 Å². The molecule has 0 saturated carbocycles. The molecule has 6 rings (SSSR count). The molecular weight excluding hydrogens is 436 g/mol. The maximum Gasteiger partial charge on any atom is 0.261 e. The van der Waals surface area contributed by atoms with E-state index in [-0.39, 0.29) is 11.7 Å². The first-order chi connectivity index (χ1) is 16.1. The van der Waals surface area contributed by atoms with Crippen LogP contribution in [0.5, 0.6) is 0 Å². The lowest BCUT2D eigenvalue weighted by Crippen LogP contribution is -2.44. The monoisotopic (exact) mass is 464 g/mol. The highest BCUT2D eigenvalue weighted by molar-refractivity contribution is 7.17. The molecule has 4 aromatic rings. The van der Waals surface area contributed by atoms with Crippen LogP contribution in [0.15, 0.2) is 34.4 Å². The third kappa shape index (κ3) is 3.70. The Balaban J connectivity index is 1.45. The number of piperazine rings is 1. The zero-order valence-electron chi connectivity index (χ0n) is 18.7. The fourth-order valence-corrected chi connectivity index (χ4v) is 5.91. The fraction of sp³-hybridized carbons (Fsp3) is 0.417. The van der Waals surface area contributed by atoms with Gasteiger partial charge in [0.05, 0.1) is 33.0 Å². The Labute approximate surface area is 195 Å². The van der Waals surface area contributed by atoms with E-state index in [9.17, 15) is 9.90 Å². The van der Waals surface area contributed by atoms with Gasteiger partial charge in [-0.2, -0.15) is 0 Å². The molecule has 0 amide bonds. The number of imidazole rings is 1. The molecule has 33 heavy (non-hydrogen) atoms. The Morgan fingerprint density at radius 2 is 1.79 bits per heavy atom. The number of fused-ring (bicyclic) bond motifs is 2. The summed E-state index contributed by atoms with van der Waals surface area (Å²) in [5.41, 5.74) is 5.19. The van der Waals surface area contributed by atoms with Gasteiger partial charge in [0.1, 0.15) is 11.4 Å². The lowest BCUT2D eigenvalue weighted by molar-refractivity contribution is 0.145. The van der Waals surface area contributed by atoms with Crippen molar-refractivity contribution >= 4 is 44.0 Å². The number of nitrogens with one attached hydrogen (secondary N) is 2. The summed E-state index contributed by atoms with van der Waals surface area (Å²) in [6.07, 6.45) is 1.13. The first-order valence-electron chi connectivity index (χ1n) is 11.6. The number of hydrogen-bond donors (Lipinski definition) is 3. The number of nitrogens with zero attached hydrogens (tertiary/aromatic N) is 4. The largest absolute Gasteiger partial charge is 0.393 e. The van der Waals surface area contributed by atoms with Crippen LogP contribution in [0.1, 0.15) is 12.8 Å². The molecule has 0 atom stereocenters. The predicted octanol–water partition coefficient (Wildman–Crippen LogP) is 2.85. The molecule has 2 fully saturated rings. The summed E-state index contributed by atoms with van der Waals surface area (Å²) in [4.78, 5) is 31.6. The molecule has 0 unspecified atom stereocenters. The zero-order chi connectivity index (χ0) is 22.5. The number of anilines is 2. The molecule has 2 aliphatic rings. The SMILES string of the molecule is CN1CCN(c2ccc3nc(-c4c(N5CCC(O)CC5)c5sccc5[nH]c4=O)[nH]c3c2)CC1. The maximum absolute atomic E-state index is 13.3. The van der Waals surface area contributed by atoms with Gasteiger partial charge in [-0.05, 0) is 49.5 Å². The van der Waals surface area contributed by atoms with Gasteiger partial charge in [0, 0.05) is 45.0 Å². The molecule has 172 valence electrons. The molecule has 3 N–H and O–H groups in total. The van der Waals surface area contributed by atoms with Crippen LogP contribution < -0.4 is 15.4 Å². The third-order valence-corrected chi connectivity index (χ3v) is 7.86. The number of rotatable bonds is 3. The van der Waals surface area contributed by atoms with E-state index in [1.54, 1.807) is 11.3 Å². The highest BCUT2D eigenvalue weighted by Gasteiger charge is 2.26. The Hall–Kier alpha value is -2.88. The van der Waals surface area contributed by atoms with Gasteiger partial charge in [-0.15, -0.1) is 11.3 Å². The first kappa shape index (κ1) is 20.7. The number of piperidine rings is 1. The van der Waals surface area contributed by atoms with Crippen LogP contribution in [-0.2, 0) is 0 Å². The standard InChI is InChI=1S/C24H28N6O2S/c1-28-9-11-29(12-10-28)15-2-3-17-19(14-15)26-23(25-17)20-21(30-7-4-16(31)5-8-30)22-18(6-13-33-22)27-24(20)32/h2-3,6,13-14,16,31H,4-5,7-12H2,1H3,(H,25,26)(H,27,32). The summed E-state index contributed by atoms with van der Waals surface area (Å²) in [5, 5.41) is 12.0. The van der Waals surface area contributed by atoms with Crippen LogP contribution in [0.25, 0.3) is 32.6 Å². The van der Waals surface area contributed by atoms with E-state index in [0.29, 0.717) is 24.2 Å². The molecule has 1 aromatic carbocycles. The van der Waals surface area contributed by atoms with Gasteiger partial charge in [-0.1, -0.05) is 0 Å². The highest BCUT2D eigenvalue weighted by atomic mass is 32.1. The number of thiophene rings is 1. The van der Waals surface area contributed by atoms with Crippen molar-refractivity contribution in [1.29, 1.82) is 0 Å². The second-order valence-electron chi connectivity index (χ2n) is 9.14. The second-order valence-corrected chi connectivity index (χ2v) is 10.1. The summed E-state index contributed by atoms with van der Waals surface area (Å²) >= 11 is 1.63. The molecule has 3 aromatic heterocycles. The summed E-state index contributed by atoms with van der Waals surface area (Å²) in [5.74, 6) is 0.596. The number of aromatic nitrogens is 3. The molecule has 2 saturated heterocycles. The van der Waals surface area contributed by atoms with Gasteiger partial charge >= 0.3 is 0 Å². The zero-order valence-corrected chi connectivity index (χ0v) is 19.5. The lowest BCUT2D eigenvalue weighted by atomic mass is 10.1. The quantitative estimate of drug-likeness (QED) is 0.432. The molecule has 9 heteroatoms. The summed E-state index contributed by atoms with van der Waals surface area (Å²) < 4.78 is 1.06. The van der Waals surface area contributed by atoms with Crippen molar-refractivity contribution in [2.75, 3.05) is 56.1 Å². The van der Waals surface area contributed by atoms with E-state index in [4.69, 9.17) is 4.98 Å². The highest BCUT2D eigenvalue weighted by Crippen LogP contribution is 2.38. The van der Waals surface area contributed by atoms with Crippen molar-refractivity contribution in [2.24, 2.45) is 0 Å². The number of aromatic amines is 2. The second kappa shape index (κ2) is 8.16. The molecular formula is C24H28N6O2S. The van der Waals surface area contributed by atoms with Crippen molar-refractivity contribution < 1.29 is 5.11 Å². The Morgan fingerprint density at radius 3 is 2.58 bits per heavy atom. The van der Waals surface area contributed by atoms with Crippen LogP contribution in [0, 0.1) is 0 Å². The Kier molecular flexibility index (Phi) is 5.12. The molecule has 0 bridgehead atoms. The van der Waals surface area contributed by atoms with E-state index in [0.717, 1.165) is 66.2 Å². The maximum atomic E-state index is 13.3. The van der Waals surface area contributed by atoms with E-state index in [1.165, 1.54) is 5.69 Å². The predicted molar refractivity (Wildman–Crippen MR) is 135 cm³/mol. The Morgan fingerprint density at radius 1 is 1.00 bits per heavy atom. The van der Waals surface area contributed by atoms with Crippen molar-refractivity contribution in [1.82, 2.24) is 19.9 Å². The molecule has 5 heterocycles. The van der Waals surface area contributed by atoms with Gasteiger partial charge < -0.3 is 29.8 Å². The minimum absolute atomic E-state index is 0.139. The van der Waals surface area contributed by atoms with Crippen LogP contribution in [0.4, 0.5) is 11.4 Å². The average molecular weight is 465 g/mol. The number of benzene rings is 1. The molecule has 0 spiro atoms. The number of aliphatic hydroxyl groups is 1. The number of pyridine rings is 1. The summed E-state index contributed by atoms with van der Waals surface area (Å²) in [6, 6.07) is 8.26. The van der Waals surface area contributed by atoms with Crippen molar-refractivity contribution in [3.8, 4) is 11.4 Å². The lowest BCUT2D eigenvalue weighted by Gasteiger charge is -2.34. The smallest absolute Gasteiger partial charge is 0.261 e. The van der Waals surface area contributed by atoms with Crippen molar-refractivity contribution in [3.05, 3.63) is 40.0 Å². The molecule has 8 nitrogen and oxygen atoms in total. The van der Waals surface area contributed by atoms with E-state index in [2.05, 4.69) is 43.8 Å². The van der Waals surface area contributed by atoms with Crippen molar-refractivity contribution in [3.63, 3.8) is 0 Å². The van der Waals surface area contributed by atoms with Crippen molar-refractivity contribution in [2.45, 2.75) is 18.9 Å². The normalized spacial score (nSPS) is 18.6. The molecule has 2 aliphatic heterocycles. The minimum atomic E-state index is -0.273. The van der Waals surface area contributed by atoms with Gasteiger partial charge in [0.15, 0.2) is 0 Å². The van der Waals surface area contributed by atoms with Crippen LogP contribution >= 0.6 is 11.3 Å². The number of H-pyrrole nitrogens is 2. The topological polar surface area (TPSA) is 91.5 Å². The number of aliphatic hydroxyl groups excluding tert-OH is 1. The fourth-order valence-electron chi connectivity index (χ4n) is 4.99. The molecule has 0 radical (unpaired) electrons. The van der Waals surface area contributed by atoms with E-state index in [1.807, 2.05) is 17.5 Å². The Bertz CT molecular complexity index is 1360. The van der Waals surface area contributed by atoms with Gasteiger partial charge in [-0.3, -0.25) is 4.79 Å². The average Bonchev–Trinajstić information content (AvgIpc) is 3.45. The molecule has 0 aliphatic carbocycles. The summed E-state index contributed by atoms with van der Waals surface area (Å²) in [6.45, 7) is 5.55. The van der Waals surface area contributed by atoms with E-state index >= 15 is 0 Å². The van der Waals surface area contributed by atoms with Crippen LogP contribution in [0.3, 0.4) is 0 Å². The third-order valence-electron chi connectivity index (χ3n) is 6.94. The minimum Gasteiger partial charge on any atom is -0.393 e. The number of likely N-dealkylation sites (N-methyl/N-ethyl adjacent to an activating group) is 1. The number of hydrogen-bond acceptors (Lipinski definition) is 7. The first-order valence-corrected chi connectivity index (χ1v) is 12.4.